The lowest BCUT2D eigenvalue weighted by molar-refractivity contribution is -0.137. The second-order valence-corrected chi connectivity index (χ2v) is 7.86. The highest BCUT2D eigenvalue weighted by Gasteiger charge is 2.30. The number of carbonyl (C=O) groups excluding carboxylic acids is 1. The van der Waals surface area contributed by atoms with Gasteiger partial charge in [0.25, 0.3) is 5.91 Å². The molecule has 1 amide bonds. The first-order valence-electron chi connectivity index (χ1n) is 10.5. The number of benzene rings is 2. The molecule has 1 aromatic heterocycles. The number of anilines is 1. The Hall–Kier alpha value is -3.33. The van der Waals surface area contributed by atoms with E-state index in [2.05, 4.69) is 10.2 Å². The fourth-order valence-electron chi connectivity index (χ4n) is 3.79. The molecular formula is C24H23F4N3O2. The molecule has 1 aliphatic rings. The molecule has 4 rings (SSSR count). The van der Waals surface area contributed by atoms with Crippen molar-refractivity contribution in [3.63, 3.8) is 0 Å². The van der Waals surface area contributed by atoms with Gasteiger partial charge >= 0.3 is 6.18 Å². The van der Waals surface area contributed by atoms with Crippen LogP contribution in [0.1, 0.15) is 27.4 Å². The maximum atomic E-state index is 14.0. The molecule has 2 aromatic carbocycles. The lowest BCUT2D eigenvalue weighted by atomic mass is 10.1. The van der Waals surface area contributed by atoms with Gasteiger partial charge in [0, 0.05) is 32.7 Å². The predicted molar refractivity (Wildman–Crippen MR) is 115 cm³/mol. The van der Waals surface area contributed by atoms with E-state index in [1.807, 2.05) is 11.0 Å². The Morgan fingerprint density at radius 3 is 2.45 bits per heavy atom. The van der Waals surface area contributed by atoms with Crippen LogP contribution < -0.4 is 10.2 Å². The quantitative estimate of drug-likeness (QED) is 0.541. The molecule has 0 aliphatic carbocycles. The maximum Gasteiger partial charge on any atom is 0.416 e. The summed E-state index contributed by atoms with van der Waals surface area (Å²) in [4.78, 5) is 16.5. The van der Waals surface area contributed by atoms with Crippen LogP contribution in [0.5, 0.6) is 0 Å². The third-order valence-electron chi connectivity index (χ3n) is 5.54. The van der Waals surface area contributed by atoms with Crippen LogP contribution in [0.2, 0.25) is 0 Å². The van der Waals surface area contributed by atoms with Crippen molar-refractivity contribution in [2.24, 2.45) is 0 Å². The Balaban J connectivity index is 1.28. The summed E-state index contributed by atoms with van der Waals surface area (Å²) in [6.07, 6.45) is -4.43. The maximum absolute atomic E-state index is 14.0. The molecule has 0 saturated carbocycles. The van der Waals surface area contributed by atoms with Crippen molar-refractivity contribution in [1.82, 2.24) is 10.2 Å². The Kier molecular flexibility index (Phi) is 6.69. The smallest absolute Gasteiger partial charge is 0.416 e. The van der Waals surface area contributed by atoms with Gasteiger partial charge in [0.05, 0.1) is 17.8 Å². The molecule has 1 aliphatic heterocycles. The number of carbonyl (C=O) groups is 1. The molecule has 0 bridgehead atoms. The first-order chi connectivity index (χ1) is 15.8. The van der Waals surface area contributed by atoms with Gasteiger partial charge in [0.15, 0.2) is 5.76 Å². The van der Waals surface area contributed by atoms with Crippen molar-refractivity contribution in [2.45, 2.75) is 19.3 Å². The van der Waals surface area contributed by atoms with Gasteiger partial charge in [-0.15, -0.1) is 0 Å². The van der Waals surface area contributed by atoms with Crippen LogP contribution in [0.4, 0.5) is 23.2 Å². The zero-order valence-electron chi connectivity index (χ0n) is 17.7. The molecular weight excluding hydrogens is 438 g/mol. The van der Waals surface area contributed by atoms with E-state index in [1.54, 1.807) is 24.3 Å². The van der Waals surface area contributed by atoms with Gasteiger partial charge < -0.3 is 14.6 Å². The van der Waals surface area contributed by atoms with Crippen LogP contribution in [0.25, 0.3) is 0 Å². The van der Waals surface area contributed by atoms with Gasteiger partial charge in [-0.1, -0.05) is 24.3 Å². The minimum Gasteiger partial charge on any atom is -0.455 e. The highest BCUT2D eigenvalue weighted by Crippen LogP contribution is 2.29. The molecule has 3 aromatic rings. The molecule has 0 unspecified atom stereocenters. The van der Waals surface area contributed by atoms with E-state index in [1.165, 1.54) is 18.2 Å². The van der Waals surface area contributed by atoms with Gasteiger partial charge in [-0.25, -0.2) is 4.39 Å². The minimum atomic E-state index is -4.43. The minimum absolute atomic E-state index is 0.0448. The van der Waals surface area contributed by atoms with Crippen molar-refractivity contribution in [1.29, 1.82) is 0 Å². The van der Waals surface area contributed by atoms with E-state index in [-0.39, 0.29) is 18.1 Å². The number of nitrogens with zero attached hydrogens (tertiary/aromatic N) is 2. The molecule has 2 heterocycles. The number of rotatable bonds is 6. The number of nitrogens with one attached hydrogen (secondary N) is 1. The highest BCUT2D eigenvalue weighted by molar-refractivity contribution is 5.91. The summed E-state index contributed by atoms with van der Waals surface area (Å²) in [5, 5.41) is 2.58. The van der Waals surface area contributed by atoms with Crippen molar-refractivity contribution in [2.75, 3.05) is 31.1 Å². The lowest BCUT2D eigenvalue weighted by Gasteiger charge is -2.35. The first-order valence-corrected chi connectivity index (χ1v) is 10.5. The summed E-state index contributed by atoms with van der Waals surface area (Å²) in [5.41, 5.74) is 0.178. The number of para-hydroxylation sites is 1. The molecule has 1 N–H and O–H groups in total. The number of halogens is 4. The SMILES string of the molecule is O=C(NCc1cccc(C(F)(F)F)c1)c1ccc(CN2CCN(c3ccccc3F)CC2)o1. The van der Waals surface area contributed by atoms with Gasteiger partial charge in [-0.2, -0.15) is 13.2 Å². The zero-order valence-corrected chi connectivity index (χ0v) is 17.7. The van der Waals surface area contributed by atoms with Crippen molar-refractivity contribution >= 4 is 11.6 Å². The van der Waals surface area contributed by atoms with E-state index in [0.717, 1.165) is 12.1 Å². The Bertz CT molecular complexity index is 1100. The molecule has 33 heavy (non-hydrogen) atoms. The fraction of sp³-hybridized carbons (Fsp3) is 0.292. The zero-order chi connectivity index (χ0) is 23.4. The fourth-order valence-corrected chi connectivity index (χ4v) is 3.79. The average Bonchev–Trinajstić information content (AvgIpc) is 3.27. The van der Waals surface area contributed by atoms with E-state index in [9.17, 15) is 22.4 Å². The largest absolute Gasteiger partial charge is 0.455 e. The number of hydrogen-bond acceptors (Lipinski definition) is 4. The van der Waals surface area contributed by atoms with Crippen molar-refractivity contribution in [3.8, 4) is 0 Å². The summed E-state index contributed by atoms with van der Waals surface area (Å²) < 4.78 is 58.1. The summed E-state index contributed by atoms with van der Waals surface area (Å²) in [7, 11) is 0. The van der Waals surface area contributed by atoms with E-state index in [0.29, 0.717) is 49.7 Å². The molecule has 174 valence electrons. The van der Waals surface area contributed by atoms with Crippen LogP contribution in [0, 0.1) is 5.82 Å². The molecule has 0 spiro atoms. The van der Waals surface area contributed by atoms with Gasteiger partial charge in [-0.05, 0) is 42.0 Å². The van der Waals surface area contributed by atoms with Crippen LogP contribution in [0.3, 0.4) is 0 Å². The molecule has 0 radical (unpaired) electrons. The highest BCUT2D eigenvalue weighted by atomic mass is 19.4. The molecule has 9 heteroatoms. The Morgan fingerprint density at radius 1 is 0.970 bits per heavy atom. The topological polar surface area (TPSA) is 48.7 Å². The summed E-state index contributed by atoms with van der Waals surface area (Å²) in [6, 6.07) is 14.8. The second-order valence-electron chi connectivity index (χ2n) is 7.86. The Labute approximate surface area is 188 Å². The third-order valence-corrected chi connectivity index (χ3v) is 5.54. The summed E-state index contributed by atoms with van der Waals surface area (Å²) in [6.45, 7) is 3.24. The molecule has 1 fully saturated rings. The molecule has 1 saturated heterocycles. The summed E-state index contributed by atoms with van der Waals surface area (Å²) in [5.74, 6) is -0.0265. The second kappa shape index (κ2) is 9.66. The van der Waals surface area contributed by atoms with Crippen LogP contribution in [-0.2, 0) is 19.3 Å². The third kappa shape index (κ3) is 5.73. The van der Waals surface area contributed by atoms with E-state index in [4.69, 9.17) is 4.42 Å². The normalized spacial score (nSPS) is 15.0. The number of furan rings is 1. The van der Waals surface area contributed by atoms with Crippen LogP contribution in [0.15, 0.2) is 65.1 Å². The standard InChI is InChI=1S/C24H23F4N3O2/c25-20-6-1-2-7-21(20)31-12-10-30(11-13-31)16-19-8-9-22(33-19)23(32)29-15-17-4-3-5-18(14-17)24(26,27)28/h1-9,14H,10-13,15-16H2,(H,29,32). The van der Waals surface area contributed by atoms with Gasteiger partial charge in [-0.3, -0.25) is 9.69 Å². The number of hydrogen-bond donors (Lipinski definition) is 1. The molecule has 0 atom stereocenters. The van der Waals surface area contributed by atoms with Gasteiger partial charge in [0.2, 0.25) is 0 Å². The van der Waals surface area contributed by atoms with E-state index < -0.39 is 17.6 Å². The van der Waals surface area contributed by atoms with Gasteiger partial charge in [0.1, 0.15) is 11.6 Å². The van der Waals surface area contributed by atoms with Crippen molar-refractivity contribution < 1.29 is 26.8 Å². The number of amides is 1. The first kappa shape index (κ1) is 22.8. The lowest BCUT2D eigenvalue weighted by Crippen LogP contribution is -2.46. The Morgan fingerprint density at radius 2 is 1.73 bits per heavy atom. The predicted octanol–water partition coefficient (Wildman–Crippen LogP) is 4.69. The van der Waals surface area contributed by atoms with Crippen LogP contribution in [-0.4, -0.2) is 37.0 Å². The number of piperazine rings is 1. The average molecular weight is 461 g/mol. The summed E-state index contributed by atoms with van der Waals surface area (Å²) >= 11 is 0. The number of alkyl halides is 3. The monoisotopic (exact) mass is 461 g/mol. The molecule has 5 nitrogen and oxygen atoms in total. The van der Waals surface area contributed by atoms with Crippen molar-refractivity contribution in [3.05, 3.63) is 89.1 Å². The van der Waals surface area contributed by atoms with E-state index >= 15 is 0 Å². The van der Waals surface area contributed by atoms with Crippen LogP contribution >= 0.6 is 0 Å².